The maximum absolute atomic E-state index is 10.6. The van der Waals surface area contributed by atoms with E-state index in [4.69, 9.17) is 0 Å². The molecule has 0 aromatic heterocycles. The first-order valence-electron chi connectivity index (χ1n) is 10.5. The van der Waals surface area contributed by atoms with Gasteiger partial charge in [-0.05, 0) is 57.3 Å². The van der Waals surface area contributed by atoms with Gasteiger partial charge in [-0.2, -0.15) is 0 Å². The van der Waals surface area contributed by atoms with Crippen LogP contribution in [0.2, 0.25) is 0 Å². The molecule has 4 nitrogen and oxygen atoms in total. The summed E-state index contributed by atoms with van der Waals surface area (Å²) in [5.41, 5.74) is 2.87. The first-order chi connectivity index (χ1) is 13.5. The summed E-state index contributed by atoms with van der Waals surface area (Å²) in [6.07, 6.45) is 4.82. The molecular weight excluding hydrogens is 346 g/mol. The molecule has 2 aromatic carbocycles. The second kappa shape index (κ2) is 7.96. The second-order valence-electron chi connectivity index (χ2n) is 8.80. The fourth-order valence-electron chi connectivity index (χ4n) is 5.19. The lowest BCUT2D eigenvalue weighted by Gasteiger charge is -2.49. The van der Waals surface area contributed by atoms with Gasteiger partial charge in [-0.25, -0.2) is 0 Å². The molecule has 0 bridgehead atoms. The second-order valence-corrected chi connectivity index (χ2v) is 8.80. The van der Waals surface area contributed by atoms with E-state index in [0.717, 1.165) is 45.2 Å². The minimum absolute atomic E-state index is 0.0321. The molecule has 1 saturated heterocycles. The average molecular weight is 380 g/mol. The summed E-state index contributed by atoms with van der Waals surface area (Å²) in [6, 6.07) is 21.5. The van der Waals surface area contributed by atoms with Crippen LogP contribution in [0.1, 0.15) is 36.8 Å². The number of hydrogen-bond acceptors (Lipinski definition) is 4. The third-order valence-corrected chi connectivity index (χ3v) is 7.02. The van der Waals surface area contributed by atoms with Crippen molar-refractivity contribution in [3.05, 3.63) is 71.8 Å². The summed E-state index contributed by atoms with van der Waals surface area (Å²) >= 11 is 0. The van der Waals surface area contributed by atoms with Gasteiger partial charge in [0.1, 0.15) is 0 Å². The van der Waals surface area contributed by atoms with Crippen molar-refractivity contribution in [1.82, 2.24) is 15.1 Å². The van der Waals surface area contributed by atoms with Crippen molar-refractivity contribution in [2.24, 2.45) is 0 Å². The van der Waals surface area contributed by atoms with E-state index < -0.39 is 6.35 Å². The summed E-state index contributed by atoms with van der Waals surface area (Å²) in [4.78, 5) is 4.60. The summed E-state index contributed by atoms with van der Waals surface area (Å²) in [7, 11) is 4.40. The molecule has 1 unspecified atom stereocenters. The average Bonchev–Trinajstić information content (AvgIpc) is 3.03. The number of nitrogens with zero attached hydrogens (tertiary/aromatic N) is 2. The molecule has 1 spiro atoms. The first kappa shape index (κ1) is 19.6. The fraction of sp³-hybridized carbons (Fsp3) is 0.500. The zero-order chi connectivity index (χ0) is 19.6. The maximum atomic E-state index is 10.6. The Morgan fingerprint density at radius 2 is 1.57 bits per heavy atom. The van der Waals surface area contributed by atoms with E-state index in [0.29, 0.717) is 0 Å². The van der Waals surface area contributed by atoms with E-state index in [-0.39, 0.29) is 11.1 Å². The quantitative estimate of drug-likeness (QED) is 0.837. The molecule has 1 saturated carbocycles. The predicted octanol–water partition coefficient (Wildman–Crippen LogP) is 3.18. The molecule has 28 heavy (non-hydrogen) atoms. The van der Waals surface area contributed by atoms with E-state index in [9.17, 15) is 5.11 Å². The van der Waals surface area contributed by atoms with Gasteiger partial charge >= 0.3 is 0 Å². The van der Waals surface area contributed by atoms with Gasteiger partial charge in [0, 0.05) is 24.2 Å². The van der Waals surface area contributed by atoms with Crippen LogP contribution >= 0.6 is 0 Å². The molecular formula is C24H33N3O. The maximum Gasteiger partial charge on any atom is 0.163 e. The Kier molecular flexibility index (Phi) is 5.57. The number of aliphatic hydroxyl groups excluding tert-OH is 1. The topological polar surface area (TPSA) is 38.7 Å². The number of aliphatic hydroxyl groups is 1. The Morgan fingerprint density at radius 3 is 2.18 bits per heavy atom. The molecule has 1 aliphatic carbocycles. The normalized spacial score (nSPS) is 30.9. The van der Waals surface area contributed by atoms with Crippen molar-refractivity contribution in [3.63, 3.8) is 0 Å². The highest BCUT2D eigenvalue weighted by Crippen LogP contribution is 2.46. The third-order valence-electron chi connectivity index (χ3n) is 7.02. The molecule has 0 amide bonds. The summed E-state index contributed by atoms with van der Waals surface area (Å²) in [5, 5.41) is 14.2. The molecule has 150 valence electrons. The molecule has 1 aliphatic heterocycles. The highest BCUT2D eigenvalue weighted by atomic mass is 16.3. The molecule has 4 rings (SSSR count). The lowest BCUT2D eigenvalue weighted by Crippen LogP contribution is -2.54. The summed E-state index contributed by atoms with van der Waals surface area (Å²) in [6.45, 7) is 1.82. The Labute approximate surface area is 169 Å². The van der Waals surface area contributed by atoms with Gasteiger partial charge in [0.2, 0.25) is 0 Å². The van der Waals surface area contributed by atoms with Crippen molar-refractivity contribution < 1.29 is 5.11 Å². The number of nitrogens with one attached hydrogen (secondary N) is 1. The van der Waals surface area contributed by atoms with Gasteiger partial charge in [0.25, 0.3) is 0 Å². The third kappa shape index (κ3) is 3.74. The van der Waals surface area contributed by atoms with Gasteiger partial charge in [-0.1, -0.05) is 60.7 Å². The van der Waals surface area contributed by atoms with Crippen molar-refractivity contribution in [1.29, 1.82) is 0 Å². The zero-order valence-electron chi connectivity index (χ0n) is 17.1. The van der Waals surface area contributed by atoms with E-state index in [2.05, 4.69) is 89.9 Å². The largest absolute Gasteiger partial charge is 0.365 e. The molecule has 2 aromatic rings. The Balaban J connectivity index is 1.42. The van der Waals surface area contributed by atoms with Gasteiger partial charge in [-0.3, -0.25) is 15.1 Å². The number of hydrogen-bond donors (Lipinski definition) is 2. The minimum atomic E-state index is -0.535. The molecule has 2 aliphatic rings. The van der Waals surface area contributed by atoms with Crippen molar-refractivity contribution in [2.75, 3.05) is 27.2 Å². The van der Waals surface area contributed by atoms with Crippen LogP contribution in [-0.2, 0) is 12.0 Å². The predicted molar refractivity (Wildman–Crippen MR) is 114 cm³/mol. The molecule has 1 heterocycles. The Hall–Kier alpha value is -1.72. The highest BCUT2D eigenvalue weighted by Gasteiger charge is 2.49. The molecule has 2 N–H and O–H groups in total. The number of benzene rings is 2. The van der Waals surface area contributed by atoms with Crippen LogP contribution < -0.4 is 5.32 Å². The standard InChI is InChI=1S/C24H33N3O/c1-26(2)24(21-11-7-4-8-12-21)16-14-23(15-17-24)19-27(22(28)25-23)18-13-20-9-5-3-6-10-20/h3-12,22,25,28H,13-19H2,1-2H3/t22?,23-,24+. The SMILES string of the molecule is CN(C)[C@]1(c2ccccc2)CC[C@]2(CC1)CN(CCc1ccccc1)C(O)N2. The molecule has 1 atom stereocenters. The summed E-state index contributed by atoms with van der Waals surface area (Å²) in [5.74, 6) is 0. The van der Waals surface area contributed by atoms with E-state index in [1.54, 1.807) is 0 Å². The van der Waals surface area contributed by atoms with E-state index >= 15 is 0 Å². The van der Waals surface area contributed by atoms with E-state index in [1.165, 1.54) is 11.1 Å². The lowest BCUT2D eigenvalue weighted by molar-refractivity contribution is 0.0175. The highest BCUT2D eigenvalue weighted by molar-refractivity contribution is 5.26. The summed E-state index contributed by atoms with van der Waals surface area (Å²) < 4.78 is 0. The van der Waals surface area contributed by atoms with Gasteiger partial charge in [0.05, 0.1) is 0 Å². The molecule has 4 heteroatoms. The lowest BCUT2D eigenvalue weighted by atomic mass is 9.69. The fourth-order valence-corrected chi connectivity index (χ4v) is 5.19. The van der Waals surface area contributed by atoms with Crippen LogP contribution in [0.3, 0.4) is 0 Å². The molecule has 2 fully saturated rings. The van der Waals surface area contributed by atoms with Gasteiger partial charge < -0.3 is 5.11 Å². The van der Waals surface area contributed by atoms with Crippen LogP contribution in [0.4, 0.5) is 0 Å². The van der Waals surface area contributed by atoms with Crippen molar-refractivity contribution >= 4 is 0 Å². The van der Waals surface area contributed by atoms with Gasteiger partial charge in [0.15, 0.2) is 6.35 Å². The Bertz CT molecular complexity index is 754. The van der Waals surface area contributed by atoms with Crippen LogP contribution in [-0.4, -0.2) is 54.0 Å². The first-order valence-corrected chi connectivity index (χ1v) is 10.5. The zero-order valence-corrected chi connectivity index (χ0v) is 17.1. The number of rotatable bonds is 5. The van der Waals surface area contributed by atoms with Crippen LogP contribution in [0.15, 0.2) is 60.7 Å². The Morgan fingerprint density at radius 1 is 0.964 bits per heavy atom. The van der Waals surface area contributed by atoms with Crippen LogP contribution in [0.5, 0.6) is 0 Å². The molecule has 0 radical (unpaired) electrons. The van der Waals surface area contributed by atoms with Crippen molar-refractivity contribution in [3.8, 4) is 0 Å². The van der Waals surface area contributed by atoms with Crippen LogP contribution in [0.25, 0.3) is 0 Å². The van der Waals surface area contributed by atoms with Crippen molar-refractivity contribution in [2.45, 2.75) is 49.5 Å². The minimum Gasteiger partial charge on any atom is -0.365 e. The monoisotopic (exact) mass is 379 g/mol. The van der Waals surface area contributed by atoms with Crippen LogP contribution in [0, 0.1) is 0 Å². The van der Waals surface area contributed by atoms with E-state index in [1.807, 2.05) is 0 Å². The smallest absolute Gasteiger partial charge is 0.163 e. The van der Waals surface area contributed by atoms with Gasteiger partial charge in [-0.15, -0.1) is 0 Å².